The van der Waals surface area contributed by atoms with Crippen molar-refractivity contribution in [3.63, 3.8) is 0 Å². The second-order valence-electron chi connectivity index (χ2n) is 4.98. The van der Waals surface area contributed by atoms with Gasteiger partial charge in [-0.05, 0) is 12.8 Å². The topological polar surface area (TPSA) is 67.7 Å². The minimum absolute atomic E-state index is 0.342. The molecule has 0 fully saturated rings. The number of aryl methyl sites for hydroxylation is 1. The Morgan fingerprint density at radius 1 is 1.15 bits per heavy atom. The van der Waals surface area contributed by atoms with Crippen molar-refractivity contribution in [1.29, 1.82) is 0 Å². The quantitative estimate of drug-likeness (QED) is 0.846. The van der Waals surface area contributed by atoms with Gasteiger partial charge in [-0.3, -0.25) is 0 Å². The van der Waals surface area contributed by atoms with Crippen LogP contribution in [-0.2, 0) is 13.6 Å². The van der Waals surface area contributed by atoms with Crippen molar-refractivity contribution in [2.75, 3.05) is 17.2 Å². The second kappa shape index (κ2) is 6.36. The Bertz CT molecular complexity index is 561. The molecule has 0 saturated carbocycles. The number of rotatable bonds is 6. The molecular weight excluding hydrogens is 252 g/mol. The van der Waals surface area contributed by atoms with Gasteiger partial charge in [0.05, 0.1) is 6.54 Å². The molecule has 0 bridgehead atoms. The van der Waals surface area contributed by atoms with Crippen molar-refractivity contribution in [2.45, 2.75) is 33.2 Å². The van der Waals surface area contributed by atoms with Crippen LogP contribution >= 0.6 is 0 Å². The number of anilines is 2. The predicted octanol–water partition coefficient (Wildman–Crippen LogP) is 2.38. The third-order valence-electron chi connectivity index (χ3n) is 3.14. The molecule has 6 heteroatoms. The Balaban J connectivity index is 2.22. The van der Waals surface area contributed by atoms with E-state index in [1.807, 2.05) is 17.8 Å². The molecule has 2 N–H and O–H groups in total. The number of hydrogen-bond acceptors (Lipinski definition) is 5. The van der Waals surface area contributed by atoms with E-state index < -0.39 is 0 Å². The minimum Gasteiger partial charge on any atom is -0.370 e. The lowest BCUT2D eigenvalue weighted by Crippen LogP contribution is -2.12. The summed E-state index contributed by atoms with van der Waals surface area (Å²) in [7, 11) is 1.98. The second-order valence-corrected chi connectivity index (χ2v) is 4.98. The summed E-state index contributed by atoms with van der Waals surface area (Å²) in [5.41, 5.74) is 1.11. The summed E-state index contributed by atoms with van der Waals surface area (Å²) in [4.78, 5) is 13.0. The van der Waals surface area contributed by atoms with Crippen LogP contribution in [0.3, 0.4) is 0 Å². The zero-order chi connectivity index (χ0) is 14.5. The molecule has 6 nitrogen and oxygen atoms in total. The molecular formula is C14H22N6. The molecule has 2 rings (SSSR count). The van der Waals surface area contributed by atoms with Gasteiger partial charge in [-0.2, -0.15) is 0 Å². The summed E-state index contributed by atoms with van der Waals surface area (Å²) in [6, 6.07) is 0. The number of nitrogens with zero attached hydrogens (tertiary/aromatic N) is 4. The van der Waals surface area contributed by atoms with E-state index in [4.69, 9.17) is 0 Å². The monoisotopic (exact) mass is 274 g/mol. The average Bonchev–Trinajstić information content (AvgIpc) is 2.82. The molecule has 0 amide bonds. The van der Waals surface area contributed by atoms with Gasteiger partial charge in [0.15, 0.2) is 0 Å². The molecule has 0 unspecified atom stereocenters. The number of nitrogens with one attached hydrogen (secondary N) is 2. The third kappa shape index (κ3) is 3.07. The van der Waals surface area contributed by atoms with Crippen molar-refractivity contribution in [1.82, 2.24) is 19.5 Å². The highest BCUT2D eigenvalue weighted by Crippen LogP contribution is 2.28. The van der Waals surface area contributed by atoms with E-state index in [-0.39, 0.29) is 0 Å². The fraction of sp³-hybridized carbons (Fsp3) is 0.500. The largest absolute Gasteiger partial charge is 0.370 e. The molecule has 0 atom stereocenters. The van der Waals surface area contributed by atoms with E-state index in [0.717, 1.165) is 29.6 Å². The highest BCUT2D eigenvalue weighted by molar-refractivity contribution is 5.58. The maximum absolute atomic E-state index is 4.37. The van der Waals surface area contributed by atoms with Gasteiger partial charge in [0.1, 0.15) is 23.8 Å². The summed E-state index contributed by atoms with van der Waals surface area (Å²) < 4.78 is 1.99. The van der Waals surface area contributed by atoms with Crippen molar-refractivity contribution >= 4 is 11.6 Å². The Morgan fingerprint density at radius 3 is 2.40 bits per heavy atom. The van der Waals surface area contributed by atoms with Crippen molar-refractivity contribution in [3.05, 3.63) is 30.1 Å². The highest BCUT2D eigenvalue weighted by Gasteiger charge is 2.14. The van der Waals surface area contributed by atoms with Crippen LogP contribution in [0, 0.1) is 0 Å². The van der Waals surface area contributed by atoms with E-state index in [1.165, 1.54) is 0 Å². The van der Waals surface area contributed by atoms with Crippen LogP contribution in [-0.4, -0.2) is 26.1 Å². The van der Waals surface area contributed by atoms with Crippen molar-refractivity contribution in [2.24, 2.45) is 7.05 Å². The Morgan fingerprint density at radius 2 is 1.85 bits per heavy atom. The lowest BCUT2D eigenvalue weighted by molar-refractivity contribution is 0.801. The maximum atomic E-state index is 4.37. The first-order valence-corrected chi connectivity index (χ1v) is 6.92. The predicted molar refractivity (Wildman–Crippen MR) is 80.8 cm³/mol. The lowest BCUT2D eigenvalue weighted by atomic mass is 10.0. The van der Waals surface area contributed by atoms with Gasteiger partial charge in [0.2, 0.25) is 0 Å². The van der Waals surface area contributed by atoms with Gasteiger partial charge in [0, 0.05) is 31.5 Å². The van der Waals surface area contributed by atoms with Gasteiger partial charge >= 0.3 is 0 Å². The normalized spacial score (nSPS) is 10.8. The van der Waals surface area contributed by atoms with Crippen LogP contribution in [0.1, 0.15) is 38.1 Å². The summed E-state index contributed by atoms with van der Waals surface area (Å²) in [6.45, 7) is 7.84. The Hall–Kier alpha value is -2.11. The SMILES string of the molecule is CCNc1ncnc(NCc2nccn2C)c1C(C)C. The molecule has 0 saturated heterocycles. The summed E-state index contributed by atoms with van der Waals surface area (Å²) in [5.74, 6) is 3.09. The maximum Gasteiger partial charge on any atom is 0.135 e. The Kier molecular flexibility index (Phi) is 4.55. The van der Waals surface area contributed by atoms with E-state index >= 15 is 0 Å². The standard InChI is InChI=1S/C14H22N6/c1-5-15-13-12(10(2)3)14(19-9-18-13)17-8-11-16-6-7-20(11)4/h6-7,9-10H,5,8H2,1-4H3,(H2,15,17,18,19). The van der Waals surface area contributed by atoms with Crippen LogP contribution < -0.4 is 10.6 Å². The van der Waals surface area contributed by atoms with Gasteiger partial charge in [-0.1, -0.05) is 13.8 Å². The van der Waals surface area contributed by atoms with E-state index in [2.05, 4.69) is 46.4 Å². The van der Waals surface area contributed by atoms with E-state index in [9.17, 15) is 0 Å². The molecule has 0 aliphatic heterocycles. The first-order chi connectivity index (χ1) is 9.63. The lowest BCUT2D eigenvalue weighted by Gasteiger charge is -2.17. The molecule has 0 aliphatic rings. The van der Waals surface area contributed by atoms with Crippen LogP contribution in [0.15, 0.2) is 18.7 Å². The molecule has 2 aromatic heterocycles. The van der Waals surface area contributed by atoms with Crippen LogP contribution in [0.4, 0.5) is 11.6 Å². The zero-order valence-electron chi connectivity index (χ0n) is 12.5. The number of aromatic nitrogens is 4. The van der Waals surface area contributed by atoms with Gasteiger partial charge in [-0.25, -0.2) is 15.0 Å². The van der Waals surface area contributed by atoms with Crippen molar-refractivity contribution in [3.8, 4) is 0 Å². The fourth-order valence-corrected chi connectivity index (χ4v) is 2.12. The fourth-order valence-electron chi connectivity index (χ4n) is 2.12. The highest BCUT2D eigenvalue weighted by atomic mass is 15.1. The smallest absolute Gasteiger partial charge is 0.135 e. The molecule has 0 aliphatic carbocycles. The Labute approximate surface area is 119 Å². The first-order valence-electron chi connectivity index (χ1n) is 6.92. The molecule has 2 heterocycles. The molecule has 20 heavy (non-hydrogen) atoms. The number of hydrogen-bond donors (Lipinski definition) is 2. The van der Waals surface area contributed by atoms with Crippen LogP contribution in [0.5, 0.6) is 0 Å². The summed E-state index contributed by atoms with van der Waals surface area (Å²) >= 11 is 0. The zero-order valence-corrected chi connectivity index (χ0v) is 12.5. The van der Waals surface area contributed by atoms with Gasteiger partial charge < -0.3 is 15.2 Å². The minimum atomic E-state index is 0.342. The van der Waals surface area contributed by atoms with Crippen molar-refractivity contribution < 1.29 is 0 Å². The molecule has 2 aromatic rings. The van der Waals surface area contributed by atoms with E-state index in [0.29, 0.717) is 12.5 Å². The average molecular weight is 274 g/mol. The van der Waals surface area contributed by atoms with Crippen LogP contribution in [0.2, 0.25) is 0 Å². The summed E-state index contributed by atoms with van der Waals surface area (Å²) in [6.07, 6.45) is 5.32. The van der Waals surface area contributed by atoms with E-state index in [1.54, 1.807) is 12.5 Å². The third-order valence-corrected chi connectivity index (χ3v) is 3.14. The summed E-state index contributed by atoms with van der Waals surface area (Å²) in [5, 5.41) is 6.65. The molecule has 0 radical (unpaired) electrons. The molecule has 0 spiro atoms. The molecule has 108 valence electrons. The van der Waals surface area contributed by atoms with Crippen LogP contribution in [0.25, 0.3) is 0 Å². The van der Waals surface area contributed by atoms with Gasteiger partial charge in [0.25, 0.3) is 0 Å². The first kappa shape index (κ1) is 14.3. The van der Waals surface area contributed by atoms with Gasteiger partial charge in [-0.15, -0.1) is 0 Å². The molecule has 0 aromatic carbocycles. The number of imidazole rings is 1.